The maximum absolute atomic E-state index is 13.5. The van der Waals surface area contributed by atoms with Gasteiger partial charge in [0.15, 0.2) is 0 Å². The van der Waals surface area contributed by atoms with Gasteiger partial charge in [0.1, 0.15) is 5.82 Å². The van der Waals surface area contributed by atoms with Crippen LogP contribution >= 0.6 is 23.2 Å². The van der Waals surface area contributed by atoms with Crippen LogP contribution in [0.5, 0.6) is 0 Å². The molecule has 0 aliphatic heterocycles. The van der Waals surface area contributed by atoms with Crippen LogP contribution < -0.4 is 0 Å². The molecule has 0 spiro atoms. The number of rotatable bonds is 2. The summed E-state index contributed by atoms with van der Waals surface area (Å²) in [6.07, 6.45) is 0. The van der Waals surface area contributed by atoms with Crippen molar-refractivity contribution < 1.29 is 4.39 Å². The fraction of sp³-hybridized carbons (Fsp3) is 0.250. The average Bonchev–Trinajstić information content (AvgIpc) is 2.31. The van der Waals surface area contributed by atoms with Gasteiger partial charge in [-0.2, -0.15) is 0 Å². The summed E-state index contributed by atoms with van der Waals surface area (Å²) in [5, 5.41) is 0.172. The summed E-state index contributed by atoms with van der Waals surface area (Å²) in [5.74, 6) is -0.277. The van der Waals surface area contributed by atoms with Crippen LogP contribution in [0.4, 0.5) is 4.39 Å². The van der Waals surface area contributed by atoms with Crippen LogP contribution in [0.25, 0.3) is 0 Å². The number of benzene rings is 2. The van der Waals surface area contributed by atoms with Gasteiger partial charge in [-0.1, -0.05) is 23.7 Å². The van der Waals surface area contributed by atoms with Gasteiger partial charge in [0.25, 0.3) is 0 Å². The van der Waals surface area contributed by atoms with Crippen LogP contribution in [0.15, 0.2) is 30.3 Å². The van der Waals surface area contributed by atoms with E-state index in [-0.39, 0.29) is 5.82 Å². The van der Waals surface area contributed by atoms with Gasteiger partial charge in [0.2, 0.25) is 0 Å². The molecule has 2 aromatic rings. The predicted molar refractivity (Wildman–Crippen MR) is 79.8 cm³/mol. The minimum Gasteiger partial charge on any atom is -0.207 e. The second kappa shape index (κ2) is 5.52. The van der Waals surface area contributed by atoms with Gasteiger partial charge >= 0.3 is 0 Å². The van der Waals surface area contributed by atoms with Crippen LogP contribution in [0.2, 0.25) is 5.02 Å². The van der Waals surface area contributed by atoms with Crippen molar-refractivity contribution in [3.63, 3.8) is 0 Å². The van der Waals surface area contributed by atoms with E-state index in [0.29, 0.717) is 5.02 Å². The fourth-order valence-electron chi connectivity index (χ4n) is 2.09. The number of halogens is 3. The third kappa shape index (κ3) is 3.10. The standard InChI is InChI=1S/C16H15Cl2F/c1-9-4-12(8-13(19)5-9)16(18)14-6-10(2)11(3)7-15(14)17/h4-8,16H,1-3H3. The Balaban J connectivity index is 2.49. The summed E-state index contributed by atoms with van der Waals surface area (Å²) in [7, 11) is 0. The number of aryl methyl sites for hydroxylation is 3. The molecular weight excluding hydrogens is 282 g/mol. The molecule has 0 aliphatic rings. The van der Waals surface area contributed by atoms with Crippen molar-refractivity contribution in [3.8, 4) is 0 Å². The highest BCUT2D eigenvalue weighted by atomic mass is 35.5. The molecule has 1 unspecified atom stereocenters. The average molecular weight is 297 g/mol. The van der Waals surface area contributed by atoms with Crippen molar-refractivity contribution in [2.45, 2.75) is 26.1 Å². The van der Waals surface area contributed by atoms with Gasteiger partial charge in [0.05, 0.1) is 5.38 Å². The van der Waals surface area contributed by atoms with Gasteiger partial charge in [0, 0.05) is 5.02 Å². The molecule has 19 heavy (non-hydrogen) atoms. The third-order valence-electron chi connectivity index (χ3n) is 3.24. The van der Waals surface area contributed by atoms with Crippen molar-refractivity contribution in [1.82, 2.24) is 0 Å². The van der Waals surface area contributed by atoms with E-state index in [1.807, 2.05) is 39.0 Å². The molecule has 0 bridgehead atoms. The second-order valence-corrected chi connectivity index (χ2v) is 5.73. The molecule has 0 aromatic heterocycles. The maximum atomic E-state index is 13.5. The van der Waals surface area contributed by atoms with Crippen molar-refractivity contribution in [2.75, 3.05) is 0 Å². The molecule has 0 heterocycles. The predicted octanol–water partition coefficient (Wildman–Crippen LogP) is 5.73. The lowest BCUT2D eigenvalue weighted by atomic mass is 9.99. The largest absolute Gasteiger partial charge is 0.207 e. The highest BCUT2D eigenvalue weighted by Crippen LogP contribution is 2.35. The quantitative estimate of drug-likeness (QED) is 0.621. The van der Waals surface area contributed by atoms with Gasteiger partial charge in [-0.3, -0.25) is 0 Å². The summed E-state index contributed by atoms with van der Waals surface area (Å²) >= 11 is 12.7. The smallest absolute Gasteiger partial charge is 0.123 e. The molecule has 0 aliphatic carbocycles. The van der Waals surface area contributed by atoms with Crippen molar-refractivity contribution in [3.05, 3.63) is 69.0 Å². The maximum Gasteiger partial charge on any atom is 0.123 e. The Labute approximate surface area is 123 Å². The first-order valence-electron chi connectivity index (χ1n) is 6.06. The summed E-state index contributed by atoms with van der Waals surface area (Å²) in [5.41, 5.74) is 4.63. The monoisotopic (exact) mass is 296 g/mol. The lowest BCUT2D eigenvalue weighted by Gasteiger charge is -2.15. The first-order valence-corrected chi connectivity index (χ1v) is 6.87. The zero-order valence-corrected chi connectivity index (χ0v) is 12.6. The van der Waals surface area contributed by atoms with Crippen molar-refractivity contribution in [1.29, 1.82) is 0 Å². The fourth-order valence-corrected chi connectivity index (χ4v) is 2.78. The van der Waals surface area contributed by atoms with E-state index in [4.69, 9.17) is 23.2 Å². The lowest BCUT2D eigenvalue weighted by Crippen LogP contribution is -1.98. The summed E-state index contributed by atoms with van der Waals surface area (Å²) < 4.78 is 13.5. The molecule has 100 valence electrons. The second-order valence-electron chi connectivity index (χ2n) is 4.88. The van der Waals surface area contributed by atoms with Gasteiger partial charge in [-0.05, 0) is 66.8 Å². The lowest BCUT2D eigenvalue weighted by molar-refractivity contribution is 0.624. The van der Waals surface area contributed by atoms with E-state index in [1.54, 1.807) is 0 Å². The SMILES string of the molecule is Cc1cc(F)cc(C(Cl)c2cc(C)c(C)cc2Cl)c1. The Morgan fingerprint density at radius 3 is 2.21 bits per heavy atom. The van der Waals surface area contributed by atoms with Crippen LogP contribution in [-0.4, -0.2) is 0 Å². The van der Waals surface area contributed by atoms with E-state index in [9.17, 15) is 4.39 Å². The van der Waals surface area contributed by atoms with Crippen LogP contribution in [0.3, 0.4) is 0 Å². The molecule has 0 fully saturated rings. The molecule has 0 N–H and O–H groups in total. The summed E-state index contributed by atoms with van der Waals surface area (Å²) in [6.45, 7) is 5.86. The zero-order valence-electron chi connectivity index (χ0n) is 11.1. The molecule has 0 saturated heterocycles. The minimum absolute atomic E-state index is 0.277. The van der Waals surface area contributed by atoms with E-state index < -0.39 is 5.38 Å². The minimum atomic E-state index is -0.443. The highest BCUT2D eigenvalue weighted by Gasteiger charge is 2.16. The zero-order chi connectivity index (χ0) is 14.2. The molecule has 1 atom stereocenters. The van der Waals surface area contributed by atoms with Gasteiger partial charge in [-0.25, -0.2) is 4.39 Å². The molecule has 0 amide bonds. The van der Waals surface area contributed by atoms with Crippen LogP contribution in [-0.2, 0) is 0 Å². The van der Waals surface area contributed by atoms with Crippen LogP contribution in [0, 0.1) is 26.6 Å². The molecule has 0 radical (unpaired) electrons. The number of alkyl halides is 1. The van der Waals surface area contributed by atoms with E-state index in [1.165, 1.54) is 12.1 Å². The van der Waals surface area contributed by atoms with E-state index >= 15 is 0 Å². The van der Waals surface area contributed by atoms with Crippen molar-refractivity contribution >= 4 is 23.2 Å². The van der Waals surface area contributed by atoms with E-state index in [2.05, 4.69) is 0 Å². The van der Waals surface area contributed by atoms with Gasteiger partial charge < -0.3 is 0 Å². The summed E-state index contributed by atoms with van der Waals surface area (Å²) in [4.78, 5) is 0. The number of hydrogen-bond donors (Lipinski definition) is 0. The Morgan fingerprint density at radius 1 is 0.947 bits per heavy atom. The molecule has 0 nitrogen and oxygen atoms in total. The Morgan fingerprint density at radius 2 is 1.58 bits per heavy atom. The molecular formula is C16H15Cl2F. The normalized spacial score (nSPS) is 12.5. The van der Waals surface area contributed by atoms with E-state index in [0.717, 1.165) is 27.8 Å². The first kappa shape index (κ1) is 14.4. The van der Waals surface area contributed by atoms with Crippen LogP contribution in [0.1, 0.15) is 33.2 Å². The Kier molecular flexibility index (Phi) is 4.17. The number of hydrogen-bond acceptors (Lipinski definition) is 0. The highest BCUT2D eigenvalue weighted by molar-refractivity contribution is 6.33. The molecule has 3 heteroatoms. The first-order chi connectivity index (χ1) is 8.88. The third-order valence-corrected chi connectivity index (χ3v) is 4.06. The Bertz CT molecular complexity index is 600. The van der Waals surface area contributed by atoms with Crippen molar-refractivity contribution in [2.24, 2.45) is 0 Å². The summed E-state index contributed by atoms with van der Waals surface area (Å²) in [6, 6.07) is 8.68. The molecule has 2 rings (SSSR count). The molecule has 2 aromatic carbocycles. The Hall–Kier alpha value is -1.05. The molecule has 0 saturated carbocycles. The topological polar surface area (TPSA) is 0 Å². The van der Waals surface area contributed by atoms with Gasteiger partial charge in [-0.15, -0.1) is 11.6 Å².